The van der Waals surface area contributed by atoms with Gasteiger partial charge in [-0.2, -0.15) is 0 Å². The van der Waals surface area contributed by atoms with Gasteiger partial charge in [0.05, 0.1) is 5.69 Å². The lowest BCUT2D eigenvalue weighted by Gasteiger charge is -2.10. The number of hydrogen-bond acceptors (Lipinski definition) is 3. The number of thiazole rings is 1. The Morgan fingerprint density at radius 1 is 1.45 bits per heavy atom. The average molecular weight is 166 g/mol. The van der Waals surface area contributed by atoms with E-state index in [1.807, 2.05) is 0 Å². The van der Waals surface area contributed by atoms with Gasteiger partial charge in [0.1, 0.15) is 0 Å². The van der Waals surface area contributed by atoms with Crippen molar-refractivity contribution in [2.45, 2.75) is 19.3 Å². The van der Waals surface area contributed by atoms with Crippen LogP contribution in [0.4, 0.5) is 5.13 Å². The molecular weight excluding hydrogens is 156 g/mol. The lowest BCUT2D eigenvalue weighted by atomic mass is 9.99. The fourth-order valence-electron chi connectivity index (χ4n) is 1.35. The van der Waals surface area contributed by atoms with Crippen LogP contribution in [0.5, 0.6) is 0 Å². The molecular formula is C8H10N2S. The Hall–Kier alpha value is -0.830. The Morgan fingerprint density at radius 2 is 2.27 bits per heavy atom. The first kappa shape index (κ1) is 6.85. The molecule has 2 nitrogen and oxygen atoms in total. The summed E-state index contributed by atoms with van der Waals surface area (Å²) in [6.45, 7) is 3.96. The van der Waals surface area contributed by atoms with E-state index >= 15 is 0 Å². The van der Waals surface area contributed by atoms with Gasteiger partial charge in [0, 0.05) is 11.3 Å². The fraction of sp³-hybridized carbons (Fsp3) is 0.375. The summed E-state index contributed by atoms with van der Waals surface area (Å²) in [5.74, 6) is 0. The Balaban J connectivity index is 2.41. The molecule has 0 spiro atoms. The van der Waals surface area contributed by atoms with Gasteiger partial charge in [-0.05, 0) is 12.8 Å². The summed E-state index contributed by atoms with van der Waals surface area (Å²) >= 11 is 1.60. The van der Waals surface area contributed by atoms with Crippen LogP contribution in [0.2, 0.25) is 0 Å². The van der Waals surface area contributed by atoms with E-state index in [-0.39, 0.29) is 0 Å². The third-order valence-electron chi connectivity index (χ3n) is 1.92. The molecule has 1 heterocycles. The predicted molar refractivity (Wildman–Crippen MR) is 47.7 cm³/mol. The van der Waals surface area contributed by atoms with Crippen LogP contribution in [0.1, 0.15) is 17.0 Å². The molecule has 3 heteroatoms. The minimum absolute atomic E-state index is 0.699. The molecule has 0 unspecified atom stereocenters. The number of nitrogens with two attached hydrogens (primary N) is 1. The van der Waals surface area contributed by atoms with Crippen LogP contribution in [0, 0.1) is 0 Å². The lowest BCUT2D eigenvalue weighted by Crippen LogP contribution is -2.01. The number of aryl methyl sites for hydroxylation is 1. The summed E-state index contributed by atoms with van der Waals surface area (Å²) in [6, 6.07) is 0. The highest BCUT2D eigenvalue weighted by atomic mass is 32.1. The van der Waals surface area contributed by atoms with Gasteiger partial charge in [-0.15, -0.1) is 11.3 Å². The van der Waals surface area contributed by atoms with Crippen LogP contribution in [-0.4, -0.2) is 4.98 Å². The van der Waals surface area contributed by atoms with Crippen molar-refractivity contribution in [3.63, 3.8) is 0 Å². The zero-order chi connectivity index (χ0) is 7.84. The number of nitrogens with zero attached hydrogens (tertiary/aromatic N) is 1. The van der Waals surface area contributed by atoms with Crippen LogP contribution >= 0.6 is 11.3 Å². The van der Waals surface area contributed by atoms with E-state index in [4.69, 9.17) is 5.73 Å². The molecule has 0 saturated carbocycles. The van der Waals surface area contributed by atoms with Crippen molar-refractivity contribution in [3.05, 3.63) is 22.7 Å². The molecule has 11 heavy (non-hydrogen) atoms. The molecule has 0 fully saturated rings. The first-order valence-corrected chi connectivity index (χ1v) is 4.48. The Kier molecular flexibility index (Phi) is 1.46. The van der Waals surface area contributed by atoms with E-state index in [0.29, 0.717) is 5.13 Å². The standard InChI is InChI=1S/C8H10N2S/c1-5-2-3-6-7(4-5)11-8(9)10-6/h1-4H2,(H2,9,10). The highest BCUT2D eigenvalue weighted by molar-refractivity contribution is 7.15. The molecule has 1 aromatic rings. The van der Waals surface area contributed by atoms with Crippen molar-refractivity contribution in [1.82, 2.24) is 4.98 Å². The highest BCUT2D eigenvalue weighted by Crippen LogP contribution is 2.29. The molecule has 0 saturated heterocycles. The van der Waals surface area contributed by atoms with Gasteiger partial charge in [0.2, 0.25) is 0 Å². The molecule has 0 bridgehead atoms. The molecule has 0 aliphatic heterocycles. The van der Waals surface area contributed by atoms with E-state index in [1.54, 1.807) is 11.3 Å². The predicted octanol–water partition coefficient (Wildman–Crippen LogP) is 1.77. The third-order valence-corrected chi connectivity index (χ3v) is 2.85. The van der Waals surface area contributed by atoms with E-state index in [9.17, 15) is 0 Å². The third kappa shape index (κ3) is 1.16. The molecule has 1 aliphatic carbocycles. The number of anilines is 1. The van der Waals surface area contributed by atoms with Crippen molar-refractivity contribution in [2.75, 3.05) is 5.73 Å². The van der Waals surface area contributed by atoms with Crippen LogP contribution < -0.4 is 5.73 Å². The van der Waals surface area contributed by atoms with Crippen LogP contribution in [-0.2, 0) is 12.8 Å². The van der Waals surface area contributed by atoms with Crippen molar-refractivity contribution < 1.29 is 0 Å². The number of hydrogen-bond donors (Lipinski definition) is 1. The van der Waals surface area contributed by atoms with Crippen molar-refractivity contribution in [1.29, 1.82) is 0 Å². The van der Waals surface area contributed by atoms with E-state index in [0.717, 1.165) is 19.3 Å². The van der Waals surface area contributed by atoms with Crippen molar-refractivity contribution in [3.8, 4) is 0 Å². The van der Waals surface area contributed by atoms with Crippen molar-refractivity contribution >= 4 is 16.5 Å². The second-order valence-electron chi connectivity index (χ2n) is 2.85. The molecule has 2 rings (SSSR count). The van der Waals surface area contributed by atoms with Gasteiger partial charge in [0.15, 0.2) is 5.13 Å². The molecule has 1 aliphatic rings. The quantitative estimate of drug-likeness (QED) is 0.596. The molecule has 0 atom stereocenters. The minimum Gasteiger partial charge on any atom is -0.375 e. The monoisotopic (exact) mass is 166 g/mol. The number of nitrogen functional groups attached to an aromatic ring is 1. The maximum atomic E-state index is 5.58. The molecule has 0 amide bonds. The number of rotatable bonds is 0. The van der Waals surface area contributed by atoms with Gasteiger partial charge in [-0.1, -0.05) is 12.2 Å². The summed E-state index contributed by atoms with van der Waals surface area (Å²) in [5, 5.41) is 0.699. The van der Waals surface area contributed by atoms with E-state index in [2.05, 4.69) is 11.6 Å². The van der Waals surface area contributed by atoms with Gasteiger partial charge in [-0.25, -0.2) is 4.98 Å². The SMILES string of the molecule is C=C1CCc2nc(N)sc2C1. The maximum Gasteiger partial charge on any atom is 0.180 e. The summed E-state index contributed by atoms with van der Waals surface area (Å²) in [7, 11) is 0. The van der Waals surface area contributed by atoms with E-state index < -0.39 is 0 Å². The first-order chi connectivity index (χ1) is 5.25. The zero-order valence-electron chi connectivity index (χ0n) is 6.26. The largest absolute Gasteiger partial charge is 0.375 e. The normalized spacial score (nSPS) is 16.5. The van der Waals surface area contributed by atoms with E-state index in [1.165, 1.54) is 16.1 Å². The summed E-state index contributed by atoms with van der Waals surface area (Å²) in [5.41, 5.74) is 8.08. The highest BCUT2D eigenvalue weighted by Gasteiger charge is 2.15. The van der Waals surface area contributed by atoms with Gasteiger partial charge in [-0.3, -0.25) is 0 Å². The average Bonchev–Trinajstić information content (AvgIpc) is 2.27. The van der Waals surface area contributed by atoms with Crippen LogP contribution in [0.25, 0.3) is 0 Å². The summed E-state index contributed by atoms with van der Waals surface area (Å²) in [4.78, 5) is 5.56. The summed E-state index contributed by atoms with van der Waals surface area (Å²) < 4.78 is 0. The zero-order valence-corrected chi connectivity index (χ0v) is 7.08. The minimum atomic E-state index is 0.699. The first-order valence-electron chi connectivity index (χ1n) is 3.66. The fourth-order valence-corrected chi connectivity index (χ4v) is 2.30. The van der Waals surface area contributed by atoms with Crippen LogP contribution in [0.3, 0.4) is 0 Å². The molecule has 0 aromatic carbocycles. The van der Waals surface area contributed by atoms with Crippen LogP contribution in [0.15, 0.2) is 12.2 Å². The lowest BCUT2D eigenvalue weighted by molar-refractivity contribution is 0.828. The Morgan fingerprint density at radius 3 is 3.09 bits per heavy atom. The summed E-state index contributed by atoms with van der Waals surface area (Å²) in [6.07, 6.45) is 3.10. The van der Waals surface area contributed by atoms with Gasteiger partial charge in [0.25, 0.3) is 0 Å². The topological polar surface area (TPSA) is 38.9 Å². The molecule has 58 valence electrons. The van der Waals surface area contributed by atoms with Gasteiger partial charge < -0.3 is 5.73 Å². The Bertz CT molecular complexity index is 301. The molecule has 2 N–H and O–H groups in total. The van der Waals surface area contributed by atoms with Crippen molar-refractivity contribution in [2.24, 2.45) is 0 Å². The maximum absolute atomic E-state index is 5.58. The second kappa shape index (κ2) is 2.34. The van der Waals surface area contributed by atoms with Gasteiger partial charge >= 0.3 is 0 Å². The smallest absolute Gasteiger partial charge is 0.180 e. The Labute approximate surface area is 69.8 Å². The molecule has 0 radical (unpaired) electrons. The molecule has 1 aromatic heterocycles. The number of allylic oxidation sites excluding steroid dienone is 1. The number of aromatic nitrogens is 1. The second-order valence-corrected chi connectivity index (χ2v) is 3.96. The number of fused-ring (bicyclic) bond motifs is 1.